The molecule has 5 heteroatoms. The number of benzene rings is 1. The van der Waals surface area contributed by atoms with Crippen LogP contribution in [0.2, 0.25) is 0 Å². The third-order valence-corrected chi connectivity index (χ3v) is 4.52. The number of nitrogens with zero attached hydrogens (tertiary/aromatic N) is 1. The van der Waals surface area contributed by atoms with Gasteiger partial charge in [0, 0.05) is 22.6 Å². The zero-order chi connectivity index (χ0) is 17.3. The zero-order valence-electron chi connectivity index (χ0n) is 15.4. The van der Waals surface area contributed by atoms with Gasteiger partial charge in [-0.05, 0) is 38.2 Å². The van der Waals surface area contributed by atoms with Crippen LogP contribution in [0.25, 0.3) is 0 Å². The van der Waals surface area contributed by atoms with Crippen molar-refractivity contribution in [2.24, 2.45) is 0 Å². The van der Waals surface area contributed by atoms with Crippen LogP contribution in [0, 0.1) is 0 Å². The predicted octanol–water partition coefficient (Wildman–Crippen LogP) is 2.18. The highest BCUT2D eigenvalue weighted by Crippen LogP contribution is 2.35. The Morgan fingerprint density at radius 3 is 2.59 bits per heavy atom. The van der Waals surface area contributed by atoms with Gasteiger partial charge in [0.2, 0.25) is 0 Å². The molecule has 0 radical (unpaired) electrons. The summed E-state index contributed by atoms with van der Waals surface area (Å²) in [4.78, 5) is 13.7. The first-order chi connectivity index (χ1) is 11.3. The number of fused-ring (bicyclic) bond motifs is 2. The summed E-state index contributed by atoms with van der Waals surface area (Å²) in [7, 11) is 0. The Kier molecular flexibility index (Phi) is 4.52. The molecule has 0 saturated carbocycles. The Morgan fingerprint density at radius 1 is 1.36 bits per heavy atom. The fraction of sp³-hybridized carbons (Fsp3) is 0.588. The maximum Gasteiger partial charge on any atom is 0.335 e. The highest BCUT2D eigenvalue weighted by atomic mass is 35.5. The Labute approximate surface area is 142 Å². The number of ether oxygens (including phenoxy) is 1. The second-order valence-corrected chi connectivity index (χ2v) is 6.03. The quantitative estimate of drug-likeness (QED) is 0.861. The van der Waals surface area contributed by atoms with Gasteiger partial charge < -0.3 is 14.7 Å². The smallest absolute Gasteiger partial charge is 0.335 e. The van der Waals surface area contributed by atoms with E-state index in [9.17, 15) is 9.90 Å². The third kappa shape index (κ3) is 3.80. The van der Waals surface area contributed by atoms with Crippen molar-refractivity contribution in [3.8, 4) is 0 Å². The maximum atomic E-state index is 12.1. The molecule has 2 fully saturated rings. The lowest BCUT2D eigenvalue weighted by atomic mass is 10.0. The average Bonchev–Trinajstić information content (AvgIpc) is 2.81. The van der Waals surface area contributed by atoms with E-state index in [-0.39, 0.29) is 37.0 Å². The Hall–Kier alpha value is -1.10. The molecule has 0 spiro atoms. The molecule has 2 bridgehead atoms. The molecule has 2 saturated heterocycles. The van der Waals surface area contributed by atoms with Crippen LogP contribution in [0.15, 0.2) is 30.3 Å². The summed E-state index contributed by atoms with van der Waals surface area (Å²) in [6.45, 7) is -2.09. The number of aliphatic hydroxyl groups is 1. The minimum atomic E-state index is -2.09. The minimum Gasteiger partial charge on any atom is -0.460 e. The number of rotatable bonds is 4. The molecule has 1 aromatic rings. The van der Waals surface area contributed by atoms with Gasteiger partial charge in [-0.1, -0.05) is 30.3 Å². The standard InChI is InChI=1S/C17H23NO3.ClH/c1-18-13-7-8-14(18)11-15(10-13)21-17(20)16(19)9-12-5-3-2-4-6-12;/h2-6,13-16,19H,7-11H2,1H3;1H/t13-,14+,15?,16-;/m1./s1/i1D3;. The van der Waals surface area contributed by atoms with Gasteiger partial charge in [0.25, 0.3) is 0 Å². The third-order valence-electron chi connectivity index (χ3n) is 4.52. The highest BCUT2D eigenvalue weighted by Gasteiger charge is 2.40. The number of hydrogen-bond donors (Lipinski definition) is 1. The topological polar surface area (TPSA) is 49.8 Å². The fourth-order valence-electron chi connectivity index (χ4n) is 3.39. The molecule has 22 heavy (non-hydrogen) atoms. The van der Waals surface area contributed by atoms with Crippen LogP contribution in [-0.4, -0.2) is 47.2 Å². The van der Waals surface area contributed by atoms with E-state index in [2.05, 4.69) is 0 Å². The number of piperidine rings is 1. The number of hydrogen-bond acceptors (Lipinski definition) is 4. The second-order valence-electron chi connectivity index (χ2n) is 6.03. The molecule has 0 aliphatic carbocycles. The lowest BCUT2D eigenvalue weighted by Gasteiger charge is -2.36. The van der Waals surface area contributed by atoms with Crippen LogP contribution in [0.3, 0.4) is 0 Å². The largest absolute Gasteiger partial charge is 0.460 e. The molecule has 0 amide bonds. The van der Waals surface area contributed by atoms with Crippen molar-refractivity contribution in [2.75, 3.05) is 6.98 Å². The summed E-state index contributed by atoms with van der Waals surface area (Å²) in [6, 6.07) is 9.16. The minimum absolute atomic E-state index is 0. The second kappa shape index (κ2) is 7.44. The number of halogens is 1. The Bertz CT molecular complexity index is 570. The van der Waals surface area contributed by atoms with Crippen LogP contribution in [-0.2, 0) is 16.0 Å². The van der Waals surface area contributed by atoms with Crippen molar-refractivity contribution in [1.29, 1.82) is 0 Å². The van der Waals surface area contributed by atoms with E-state index < -0.39 is 19.0 Å². The highest BCUT2D eigenvalue weighted by molar-refractivity contribution is 5.85. The van der Waals surface area contributed by atoms with E-state index in [0.29, 0.717) is 12.8 Å². The van der Waals surface area contributed by atoms with Gasteiger partial charge >= 0.3 is 5.97 Å². The summed E-state index contributed by atoms with van der Waals surface area (Å²) in [5, 5.41) is 10.1. The Morgan fingerprint density at radius 2 is 2.00 bits per heavy atom. The van der Waals surface area contributed by atoms with E-state index in [1.807, 2.05) is 30.3 Å². The lowest BCUT2D eigenvalue weighted by molar-refractivity contribution is -0.162. The van der Waals surface area contributed by atoms with Crippen molar-refractivity contribution < 1.29 is 18.8 Å². The number of carbonyl (C=O) groups excluding carboxylic acids is 1. The van der Waals surface area contributed by atoms with Gasteiger partial charge in [0.1, 0.15) is 6.10 Å². The molecule has 4 atom stereocenters. The normalized spacial score (nSPS) is 31.3. The molecule has 0 aromatic heterocycles. The Balaban J connectivity index is 0.00000225. The van der Waals surface area contributed by atoms with E-state index in [0.717, 1.165) is 18.4 Å². The molecule has 2 aliphatic rings. The van der Waals surface area contributed by atoms with Gasteiger partial charge in [-0.2, -0.15) is 0 Å². The number of esters is 1. The fourth-order valence-corrected chi connectivity index (χ4v) is 3.39. The molecule has 1 N–H and O–H groups in total. The first-order valence-corrected chi connectivity index (χ1v) is 7.55. The van der Waals surface area contributed by atoms with Crippen molar-refractivity contribution in [2.45, 2.75) is 56.4 Å². The van der Waals surface area contributed by atoms with Crippen LogP contribution >= 0.6 is 12.4 Å². The molecular formula is C17H24ClNO3. The SMILES string of the molecule is Cl.[2H]C([2H])([2H])N1[C@@H]2CC[C@H]1CC(OC(=O)[C@H](O)Cc1ccccc1)C2. The van der Waals surface area contributed by atoms with E-state index >= 15 is 0 Å². The summed E-state index contributed by atoms with van der Waals surface area (Å²) in [5.74, 6) is -0.620. The average molecular weight is 329 g/mol. The first kappa shape index (κ1) is 13.3. The van der Waals surface area contributed by atoms with Crippen LogP contribution in [0.5, 0.6) is 0 Å². The predicted molar refractivity (Wildman–Crippen MR) is 87.1 cm³/mol. The lowest BCUT2D eigenvalue weighted by Crippen LogP contribution is -2.44. The van der Waals surface area contributed by atoms with Gasteiger partial charge in [-0.15, -0.1) is 12.4 Å². The van der Waals surface area contributed by atoms with Crippen molar-refractivity contribution >= 4 is 18.4 Å². The van der Waals surface area contributed by atoms with Crippen LogP contribution < -0.4 is 0 Å². The first-order valence-electron chi connectivity index (χ1n) is 9.05. The maximum absolute atomic E-state index is 12.1. The molecule has 1 unspecified atom stereocenters. The summed E-state index contributed by atoms with van der Waals surface area (Å²) in [6.07, 6.45) is 1.43. The zero-order valence-corrected chi connectivity index (χ0v) is 13.2. The summed E-state index contributed by atoms with van der Waals surface area (Å²) >= 11 is 0. The molecule has 1 aromatic carbocycles. The van der Waals surface area contributed by atoms with Crippen molar-refractivity contribution in [3.05, 3.63) is 35.9 Å². The van der Waals surface area contributed by atoms with Crippen LogP contribution in [0.1, 0.15) is 35.4 Å². The molecule has 2 aliphatic heterocycles. The van der Waals surface area contributed by atoms with Crippen molar-refractivity contribution in [1.82, 2.24) is 4.90 Å². The molecule has 3 rings (SSSR count). The molecule has 4 nitrogen and oxygen atoms in total. The summed E-state index contributed by atoms with van der Waals surface area (Å²) < 4.78 is 28.4. The van der Waals surface area contributed by atoms with Crippen molar-refractivity contribution in [3.63, 3.8) is 0 Å². The van der Waals surface area contributed by atoms with Gasteiger partial charge in [0.05, 0.1) is 0 Å². The molecule has 122 valence electrons. The van der Waals surface area contributed by atoms with E-state index in [4.69, 9.17) is 8.85 Å². The van der Waals surface area contributed by atoms with E-state index in [1.165, 1.54) is 0 Å². The van der Waals surface area contributed by atoms with Crippen LogP contribution in [0.4, 0.5) is 0 Å². The van der Waals surface area contributed by atoms with Gasteiger partial charge in [-0.3, -0.25) is 0 Å². The molecule has 2 heterocycles. The number of aliphatic hydroxyl groups excluding tert-OH is 1. The summed E-state index contributed by atoms with van der Waals surface area (Å²) in [5.41, 5.74) is 0.874. The molecular weight excluding hydrogens is 302 g/mol. The monoisotopic (exact) mass is 328 g/mol. The van der Waals surface area contributed by atoms with E-state index in [1.54, 1.807) is 4.90 Å². The number of carbonyl (C=O) groups is 1. The van der Waals surface area contributed by atoms with Gasteiger partial charge in [0.15, 0.2) is 6.10 Å². The van der Waals surface area contributed by atoms with Gasteiger partial charge in [-0.25, -0.2) is 4.79 Å².